The van der Waals surface area contributed by atoms with Crippen LogP contribution in [0.3, 0.4) is 0 Å². The van der Waals surface area contributed by atoms with E-state index < -0.39 is 6.09 Å². The van der Waals surface area contributed by atoms with Gasteiger partial charge in [-0.2, -0.15) is 0 Å². The molecule has 102 valence electrons. The molecule has 0 spiro atoms. The van der Waals surface area contributed by atoms with Gasteiger partial charge in [0.25, 0.3) is 0 Å². The summed E-state index contributed by atoms with van der Waals surface area (Å²) in [7, 11) is 0. The van der Waals surface area contributed by atoms with Crippen molar-refractivity contribution in [3.63, 3.8) is 0 Å². The Balaban J connectivity index is 2.37. The summed E-state index contributed by atoms with van der Waals surface area (Å²) in [6.45, 7) is 2.37. The minimum atomic E-state index is -0.805. The number of halogens is 2. The minimum Gasteiger partial charge on any atom is -0.448 e. The van der Waals surface area contributed by atoms with Crippen LogP contribution in [0.4, 0.5) is 4.79 Å². The fourth-order valence-corrected chi connectivity index (χ4v) is 2.25. The highest BCUT2D eigenvalue weighted by atomic mass is 79.9. The molecule has 0 aliphatic rings. The van der Waals surface area contributed by atoms with E-state index in [4.69, 9.17) is 22.1 Å². The third-order valence-electron chi connectivity index (χ3n) is 2.50. The van der Waals surface area contributed by atoms with Gasteiger partial charge in [0, 0.05) is 10.7 Å². The molecule has 1 amide bonds. The Hall–Kier alpha value is -1.34. The second-order valence-electron chi connectivity index (χ2n) is 3.90. The van der Waals surface area contributed by atoms with E-state index in [0.29, 0.717) is 18.0 Å². The minimum absolute atomic E-state index is 0.148. The topological polar surface area (TPSA) is 83.0 Å². The first-order chi connectivity index (χ1) is 8.99. The van der Waals surface area contributed by atoms with E-state index in [0.717, 1.165) is 9.99 Å². The monoisotopic (exact) mass is 346 g/mol. The fraction of sp³-hybridized carbons (Fsp3) is 0.364. The zero-order valence-corrected chi connectivity index (χ0v) is 12.5. The van der Waals surface area contributed by atoms with Crippen LogP contribution in [0.2, 0.25) is 0 Å². The van der Waals surface area contributed by atoms with E-state index in [1.165, 1.54) is 0 Å². The molecule has 0 fully saturated rings. The van der Waals surface area contributed by atoms with Crippen LogP contribution in [0.25, 0.3) is 11.2 Å². The highest BCUT2D eigenvalue weighted by Gasteiger charge is 2.16. The van der Waals surface area contributed by atoms with Crippen LogP contribution in [-0.4, -0.2) is 27.2 Å². The summed E-state index contributed by atoms with van der Waals surface area (Å²) in [5.74, 6) is 0.676. The molecule has 2 aromatic rings. The maximum atomic E-state index is 10.6. The zero-order chi connectivity index (χ0) is 14.0. The molecule has 2 rings (SSSR count). The Morgan fingerprint density at radius 2 is 2.42 bits per heavy atom. The molecular weight excluding hydrogens is 336 g/mol. The lowest BCUT2D eigenvalue weighted by Gasteiger charge is -2.09. The van der Waals surface area contributed by atoms with Crippen molar-refractivity contribution >= 4 is 44.8 Å². The zero-order valence-electron chi connectivity index (χ0n) is 10.1. The van der Waals surface area contributed by atoms with Gasteiger partial charge in [-0.15, -0.1) is 11.6 Å². The first kappa shape index (κ1) is 14.1. The number of alkyl halides is 1. The van der Waals surface area contributed by atoms with Gasteiger partial charge in [0.05, 0.1) is 11.9 Å². The number of primary amides is 1. The fourth-order valence-electron chi connectivity index (χ4n) is 1.77. The van der Waals surface area contributed by atoms with Crippen molar-refractivity contribution in [2.75, 3.05) is 6.61 Å². The number of pyridine rings is 1. The molecule has 0 aliphatic heterocycles. The average Bonchev–Trinajstić information content (AvgIpc) is 2.67. The van der Waals surface area contributed by atoms with E-state index in [2.05, 4.69) is 25.9 Å². The smallest absolute Gasteiger partial charge is 0.404 e. The van der Waals surface area contributed by atoms with Crippen LogP contribution in [0, 0.1) is 0 Å². The molecule has 0 saturated carbocycles. The third kappa shape index (κ3) is 3.16. The number of nitrogens with zero attached hydrogens (tertiary/aromatic N) is 3. The Morgan fingerprint density at radius 3 is 3.05 bits per heavy atom. The third-order valence-corrected chi connectivity index (χ3v) is 3.12. The highest BCUT2D eigenvalue weighted by molar-refractivity contribution is 9.10. The number of hydrogen-bond donors (Lipinski definition) is 1. The van der Waals surface area contributed by atoms with Crippen molar-refractivity contribution in [1.29, 1.82) is 0 Å². The molecule has 0 saturated heterocycles. The quantitative estimate of drug-likeness (QED) is 0.862. The number of nitrogens with two attached hydrogens (primary N) is 1. The molecule has 1 atom stereocenters. The lowest BCUT2D eigenvalue weighted by molar-refractivity contribution is 0.152. The average molecular weight is 348 g/mol. The van der Waals surface area contributed by atoms with Crippen LogP contribution in [0.15, 0.2) is 16.7 Å². The number of fused-ring (bicyclic) bond motifs is 1. The van der Waals surface area contributed by atoms with E-state index in [9.17, 15) is 4.79 Å². The number of imidazole rings is 1. The summed E-state index contributed by atoms with van der Waals surface area (Å²) >= 11 is 9.45. The lowest BCUT2D eigenvalue weighted by Crippen LogP contribution is -2.17. The number of amides is 1. The molecular formula is C11H12BrClN4O2. The van der Waals surface area contributed by atoms with Crippen molar-refractivity contribution < 1.29 is 9.53 Å². The van der Waals surface area contributed by atoms with Crippen molar-refractivity contribution in [3.05, 3.63) is 22.6 Å². The molecule has 0 aromatic carbocycles. The number of carbonyl (C=O) groups excluding carboxylic acids is 1. The first-order valence-corrected chi connectivity index (χ1v) is 6.80. The number of aromatic nitrogens is 3. The van der Waals surface area contributed by atoms with Gasteiger partial charge < -0.3 is 15.0 Å². The Labute approximate surface area is 123 Å². The van der Waals surface area contributed by atoms with Gasteiger partial charge in [-0.05, 0) is 28.9 Å². The van der Waals surface area contributed by atoms with Gasteiger partial charge in [0.15, 0.2) is 5.65 Å². The normalized spacial score (nSPS) is 12.6. The molecule has 0 radical (unpaired) electrons. The lowest BCUT2D eigenvalue weighted by atomic mass is 10.4. The SMILES string of the molecule is CC(Cl)c1nc2cc(Br)cnc2n1CCOC(N)=O. The maximum absolute atomic E-state index is 10.6. The number of carbonyl (C=O) groups is 1. The van der Waals surface area contributed by atoms with E-state index in [1.54, 1.807) is 6.20 Å². The molecule has 19 heavy (non-hydrogen) atoms. The summed E-state index contributed by atoms with van der Waals surface area (Å²) in [6, 6.07) is 1.86. The van der Waals surface area contributed by atoms with Gasteiger partial charge >= 0.3 is 6.09 Å². The number of hydrogen-bond acceptors (Lipinski definition) is 4. The Morgan fingerprint density at radius 1 is 1.68 bits per heavy atom. The summed E-state index contributed by atoms with van der Waals surface area (Å²) in [5, 5.41) is -0.276. The van der Waals surface area contributed by atoms with Crippen LogP contribution in [0.1, 0.15) is 18.1 Å². The van der Waals surface area contributed by atoms with Crippen molar-refractivity contribution in [2.24, 2.45) is 5.73 Å². The van der Waals surface area contributed by atoms with Crippen molar-refractivity contribution in [3.8, 4) is 0 Å². The van der Waals surface area contributed by atoms with E-state index in [1.807, 2.05) is 17.6 Å². The predicted octanol–water partition coefficient (Wildman–Crippen LogP) is 2.59. The van der Waals surface area contributed by atoms with Gasteiger partial charge in [-0.3, -0.25) is 0 Å². The Bertz CT molecular complexity index is 614. The summed E-state index contributed by atoms with van der Waals surface area (Å²) in [5.41, 5.74) is 6.35. The van der Waals surface area contributed by atoms with E-state index in [-0.39, 0.29) is 12.0 Å². The predicted molar refractivity (Wildman–Crippen MR) is 75.0 cm³/mol. The highest BCUT2D eigenvalue weighted by Crippen LogP contribution is 2.24. The van der Waals surface area contributed by atoms with Gasteiger partial charge in [-0.25, -0.2) is 14.8 Å². The van der Waals surface area contributed by atoms with E-state index >= 15 is 0 Å². The van der Waals surface area contributed by atoms with Gasteiger partial charge in [-0.1, -0.05) is 0 Å². The van der Waals surface area contributed by atoms with Crippen molar-refractivity contribution in [2.45, 2.75) is 18.8 Å². The van der Waals surface area contributed by atoms with Crippen LogP contribution in [0.5, 0.6) is 0 Å². The maximum Gasteiger partial charge on any atom is 0.404 e. The first-order valence-electron chi connectivity index (χ1n) is 5.57. The Kier molecular flexibility index (Phi) is 4.26. The second-order valence-corrected chi connectivity index (χ2v) is 5.47. The standard InChI is InChI=1S/C11H12BrClN4O2/c1-6(13)9-16-8-4-7(12)5-15-10(8)17(9)2-3-19-11(14)18/h4-6H,2-3H2,1H3,(H2,14,18). The van der Waals surface area contributed by atoms with Crippen LogP contribution < -0.4 is 5.73 Å². The molecule has 2 aromatic heterocycles. The molecule has 0 aliphatic carbocycles. The molecule has 6 nitrogen and oxygen atoms in total. The largest absolute Gasteiger partial charge is 0.448 e. The molecule has 2 N–H and O–H groups in total. The van der Waals surface area contributed by atoms with Gasteiger partial charge in [0.2, 0.25) is 0 Å². The van der Waals surface area contributed by atoms with Gasteiger partial charge in [0.1, 0.15) is 17.9 Å². The summed E-state index contributed by atoms with van der Waals surface area (Å²) in [4.78, 5) is 19.3. The van der Waals surface area contributed by atoms with Crippen molar-refractivity contribution in [1.82, 2.24) is 14.5 Å². The molecule has 0 bridgehead atoms. The number of rotatable bonds is 4. The number of ether oxygens (including phenoxy) is 1. The molecule has 2 heterocycles. The summed E-state index contributed by atoms with van der Waals surface area (Å²) < 4.78 is 7.39. The second kappa shape index (κ2) is 5.75. The van der Waals surface area contributed by atoms with Crippen LogP contribution in [-0.2, 0) is 11.3 Å². The molecule has 1 unspecified atom stereocenters. The molecule has 8 heteroatoms. The van der Waals surface area contributed by atoms with Crippen LogP contribution >= 0.6 is 27.5 Å². The summed E-state index contributed by atoms with van der Waals surface area (Å²) in [6.07, 6.45) is 0.874.